The molecule has 0 aromatic carbocycles. The molecule has 0 aromatic rings. The van der Waals surface area contributed by atoms with Gasteiger partial charge < -0.3 is 4.74 Å². The van der Waals surface area contributed by atoms with Crippen molar-refractivity contribution in [3.8, 4) is 0 Å². The van der Waals surface area contributed by atoms with Crippen LogP contribution in [0.1, 0.15) is 19.8 Å². The third-order valence-electron chi connectivity index (χ3n) is 0.966. The van der Waals surface area contributed by atoms with Crippen LogP contribution in [0.4, 0.5) is 0 Å². The van der Waals surface area contributed by atoms with E-state index in [0.717, 1.165) is 12.7 Å². The van der Waals surface area contributed by atoms with Crippen LogP contribution < -0.4 is 0 Å². The monoisotopic (exact) mass is 140 g/mol. The second-order valence-corrected chi connectivity index (χ2v) is 1.76. The number of hydrogen-bond donors (Lipinski definition) is 0. The summed E-state index contributed by atoms with van der Waals surface area (Å²) in [5.74, 6) is -0.229. The Balaban J connectivity index is 3.30. The van der Waals surface area contributed by atoms with Gasteiger partial charge in [0.15, 0.2) is 0 Å². The Labute approximate surface area is 61.2 Å². The van der Waals surface area contributed by atoms with Crippen LogP contribution in [0.3, 0.4) is 0 Å². The van der Waals surface area contributed by atoms with E-state index in [4.69, 9.17) is 0 Å². The predicted octanol–water partition coefficient (Wildman–Crippen LogP) is 2.03. The van der Waals surface area contributed by atoms with Crippen molar-refractivity contribution < 1.29 is 9.53 Å². The van der Waals surface area contributed by atoms with E-state index in [1.807, 2.05) is 19.1 Å². The third kappa shape index (κ3) is 5.09. The molecule has 0 heterocycles. The Bertz CT molecular complexity index is 136. The Morgan fingerprint density at radius 1 is 1.70 bits per heavy atom. The van der Waals surface area contributed by atoms with Gasteiger partial charge in [-0.05, 0) is 13.3 Å². The zero-order valence-corrected chi connectivity index (χ0v) is 6.17. The van der Waals surface area contributed by atoms with Crippen LogP contribution in [0.15, 0.2) is 25.0 Å². The Morgan fingerprint density at radius 2 is 2.40 bits per heavy atom. The fraction of sp³-hybridized carbons (Fsp3) is 0.375. The van der Waals surface area contributed by atoms with Crippen molar-refractivity contribution in [2.45, 2.75) is 19.8 Å². The molecule has 0 rings (SSSR count). The van der Waals surface area contributed by atoms with Crippen molar-refractivity contribution in [3.05, 3.63) is 25.0 Å². The zero-order valence-electron chi connectivity index (χ0n) is 6.17. The summed E-state index contributed by atoms with van der Waals surface area (Å²) in [4.78, 5) is 10.6. The Morgan fingerprint density at radius 3 is 2.90 bits per heavy atom. The molecule has 10 heavy (non-hydrogen) atoms. The molecule has 0 atom stereocenters. The fourth-order valence-electron chi connectivity index (χ4n) is 0.520. The number of allylic oxidation sites excluding steroid dienone is 2. The highest BCUT2D eigenvalue weighted by atomic mass is 16.5. The number of esters is 1. The molecule has 0 saturated carbocycles. The Kier molecular flexibility index (Phi) is 5.44. The van der Waals surface area contributed by atoms with Crippen molar-refractivity contribution >= 4 is 5.97 Å². The maximum absolute atomic E-state index is 10.6. The van der Waals surface area contributed by atoms with Gasteiger partial charge in [0.1, 0.15) is 0 Å². The van der Waals surface area contributed by atoms with Crippen molar-refractivity contribution in [2.75, 3.05) is 0 Å². The predicted molar refractivity (Wildman–Crippen MR) is 40.3 cm³/mol. The van der Waals surface area contributed by atoms with E-state index in [1.54, 1.807) is 0 Å². The van der Waals surface area contributed by atoms with Gasteiger partial charge in [-0.2, -0.15) is 0 Å². The van der Waals surface area contributed by atoms with Crippen LogP contribution in [0.25, 0.3) is 0 Å². The van der Waals surface area contributed by atoms with Crippen LogP contribution in [-0.2, 0) is 9.53 Å². The lowest BCUT2D eigenvalue weighted by atomic mass is 10.3. The number of rotatable bonds is 4. The topological polar surface area (TPSA) is 26.3 Å². The molecule has 2 heteroatoms. The molecule has 0 spiro atoms. The molecule has 0 aliphatic heterocycles. The van der Waals surface area contributed by atoms with E-state index >= 15 is 0 Å². The van der Waals surface area contributed by atoms with E-state index in [-0.39, 0.29) is 5.97 Å². The lowest BCUT2D eigenvalue weighted by Crippen LogP contribution is -1.97. The van der Waals surface area contributed by atoms with Gasteiger partial charge in [-0.3, -0.25) is 4.79 Å². The first-order valence-corrected chi connectivity index (χ1v) is 3.22. The molecule has 0 amide bonds. The highest BCUT2D eigenvalue weighted by Gasteiger charge is 1.95. The maximum Gasteiger partial charge on any atom is 0.310 e. The molecule has 0 saturated heterocycles. The molecule has 0 aromatic heterocycles. The van der Waals surface area contributed by atoms with Crippen molar-refractivity contribution in [3.63, 3.8) is 0 Å². The molecular formula is C8H12O2. The summed E-state index contributed by atoms with van der Waals surface area (Å²) in [6, 6.07) is 0. The summed E-state index contributed by atoms with van der Waals surface area (Å²) >= 11 is 0. The SMILES string of the molecule is C=COC(=O)CCC=CC. The van der Waals surface area contributed by atoms with E-state index in [9.17, 15) is 4.79 Å². The first-order valence-electron chi connectivity index (χ1n) is 3.22. The summed E-state index contributed by atoms with van der Waals surface area (Å²) in [6.45, 7) is 5.18. The molecule has 0 N–H and O–H groups in total. The second-order valence-electron chi connectivity index (χ2n) is 1.76. The van der Waals surface area contributed by atoms with Crippen LogP contribution in [0.5, 0.6) is 0 Å². The van der Waals surface area contributed by atoms with Gasteiger partial charge in [0.25, 0.3) is 0 Å². The minimum atomic E-state index is -0.229. The number of ether oxygens (including phenoxy) is 1. The van der Waals surface area contributed by atoms with Crippen LogP contribution in [0.2, 0.25) is 0 Å². The van der Waals surface area contributed by atoms with Gasteiger partial charge >= 0.3 is 5.97 Å². The van der Waals surface area contributed by atoms with Gasteiger partial charge in [0.05, 0.1) is 6.26 Å². The summed E-state index contributed by atoms with van der Waals surface area (Å²) in [7, 11) is 0. The van der Waals surface area contributed by atoms with Crippen LogP contribution in [-0.4, -0.2) is 5.97 Å². The number of carbonyl (C=O) groups is 1. The van der Waals surface area contributed by atoms with Gasteiger partial charge in [0.2, 0.25) is 0 Å². The first-order chi connectivity index (χ1) is 4.81. The van der Waals surface area contributed by atoms with Gasteiger partial charge in [0, 0.05) is 6.42 Å². The summed E-state index contributed by atoms with van der Waals surface area (Å²) in [5.41, 5.74) is 0. The molecule has 56 valence electrons. The summed E-state index contributed by atoms with van der Waals surface area (Å²) < 4.78 is 4.48. The molecule has 0 radical (unpaired) electrons. The van der Waals surface area contributed by atoms with Gasteiger partial charge in [-0.15, -0.1) is 0 Å². The smallest absolute Gasteiger partial charge is 0.310 e. The molecular weight excluding hydrogens is 128 g/mol. The minimum Gasteiger partial charge on any atom is -0.435 e. The number of hydrogen-bond acceptors (Lipinski definition) is 2. The van der Waals surface area contributed by atoms with Gasteiger partial charge in [-0.1, -0.05) is 18.7 Å². The third-order valence-corrected chi connectivity index (χ3v) is 0.966. The average molecular weight is 140 g/mol. The van der Waals surface area contributed by atoms with E-state index in [0.29, 0.717) is 6.42 Å². The summed E-state index contributed by atoms with van der Waals surface area (Å²) in [5, 5.41) is 0. The molecule has 0 bridgehead atoms. The largest absolute Gasteiger partial charge is 0.435 e. The van der Waals surface area contributed by atoms with E-state index < -0.39 is 0 Å². The average Bonchev–Trinajstić information content (AvgIpc) is 1.89. The first kappa shape index (κ1) is 8.95. The molecule has 0 aliphatic rings. The highest BCUT2D eigenvalue weighted by molar-refractivity contribution is 5.70. The fourth-order valence-corrected chi connectivity index (χ4v) is 0.520. The zero-order chi connectivity index (χ0) is 7.82. The molecule has 0 fully saturated rings. The molecule has 2 nitrogen and oxygen atoms in total. The van der Waals surface area contributed by atoms with Gasteiger partial charge in [-0.25, -0.2) is 0 Å². The lowest BCUT2D eigenvalue weighted by Gasteiger charge is -1.93. The Hall–Kier alpha value is -1.05. The highest BCUT2D eigenvalue weighted by Crippen LogP contribution is 1.93. The van der Waals surface area contributed by atoms with Crippen molar-refractivity contribution in [1.29, 1.82) is 0 Å². The minimum absolute atomic E-state index is 0.229. The lowest BCUT2D eigenvalue weighted by molar-refractivity contribution is -0.137. The standard InChI is InChI=1S/C8H12O2/c1-3-5-6-7-8(9)10-4-2/h3-5H,2,6-7H2,1H3. The van der Waals surface area contributed by atoms with E-state index in [2.05, 4.69) is 11.3 Å². The molecule has 0 aliphatic carbocycles. The maximum atomic E-state index is 10.6. The van der Waals surface area contributed by atoms with Crippen molar-refractivity contribution in [1.82, 2.24) is 0 Å². The van der Waals surface area contributed by atoms with Crippen LogP contribution in [0, 0.1) is 0 Å². The van der Waals surface area contributed by atoms with E-state index in [1.165, 1.54) is 0 Å². The second kappa shape index (κ2) is 6.08. The quantitative estimate of drug-likeness (QED) is 0.339. The normalized spacial score (nSPS) is 9.70. The number of carbonyl (C=O) groups excluding carboxylic acids is 1. The summed E-state index contributed by atoms with van der Waals surface area (Å²) in [6.07, 6.45) is 6.14. The molecule has 0 unspecified atom stereocenters. The van der Waals surface area contributed by atoms with Crippen LogP contribution >= 0.6 is 0 Å². The van der Waals surface area contributed by atoms with Crippen molar-refractivity contribution in [2.24, 2.45) is 0 Å².